The molecule has 0 fully saturated rings. The second-order valence-electron chi connectivity index (χ2n) is 13.8. The van der Waals surface area contributed by atoms with Gasteiger partial charge < -0.3 is 39.4 Å². The van der Waals surface area contributed by atoms with Crippen molar-refractivity contribution >= 4 is 40.1 Å². The van der Waals surface area contributed by atoms with Crippen LogP contribution in [0.25, 0.3) is 0 Å². The van der Waals surface area contributed by atoms with Crippen LogP contribution in [-0.4, -0.2) is 41.3 Å². The van der Waals surface area contributed by atoms with Gasteiger partial charge in [-0.2, -0.15) is 0 Å². The van der Waals surface area contributed by atoms with Gasteiger partial charge in [-0.25, -0.2) is 19.2 Å². The van der Waals surface area contributed by atoms with Crippen molar-refractivity contribution in [1.82, 2.24) is 10.6 Å². The molecule has 0 saturated heterocycles. The molecule has 12 nitrogen and oxygen atoms in total. The lowest BCUT2D eigenvalue weighted by molar-refractivity contribution is -0.148. The van der Waals surface area contributed by atoms with Gasteiger partial charge in [0.1, 0.15) is 44.3 Å². The molecule has 0 radical (unpaired) electrons. The monoisotopic (exact) mass is 886 g/mol. The van der Waals surface area contributed by atoms with Crippen molar-refractivity contribution in [2.24, 2.45) is 0 Å². The highest BCUT2D eigenvalue weighted by atomic mass is 79.9. The van der Waals surface area contributed by atoms with E-state index in [9.17, 15) is 24.3 Å². The van der Waals surface area contributed by atoms with Gasteiger partial charge in [-0.15, -0.1) is 0 Å². The van der Waals surface area contributed by atoms with Crippen LogP contribution in [0.2, 0.25) is 0 Å². The highest BCUT2D eigenvalue weighted by Crippen LogP contribution is 2.38. The minimum Gasteiger partial charge on any atom is -0.503 e. The van der Waals surface area contributed by atoms with Crippen molar-refractivity contribution in [3.8, 4) is 17.2 Å². The molecule has 61 heavy (non-hydrogen) atoms. The molecule has 6 aromatic carbocycles. The third kappa shape index (κ3) is 14.0. The minimum atomic E-state index is -1.16. The molecule has 0 unspecified atom stereocenters. The number of halogens is 1. The number of amides is 2. The van der Waals surface area contributed by atoms with Crippen molar-refractivity contribution in [1.29, 1.82) is 0 Å². The third-order valence-electron chi connectivity index (χ3n) is 9.15. The van der Waals surface area contributed by atoms with Crippen LogP contribution in [0.5, 0.6) is 17.2 Å². The van der Waals surface area contributed by atoms with E-state index >= 15 is 0 Å². The number of carbonyl (C=O) groups is 4. The van der Waals surface area contributed by atoms with Crippen molar-refractivity contribution < 1.29 is 48.0 Å². The fourth-order valence-corrected chi connectivity index (χ4v) is 6.46. The van der Waals surface area contributed by atoms with Crippen molar-refractivity contribution in [3.63, 3.8) is 0 Å². The Bertz CT molecular complexity index is 2350. The molecule has 0 bridgehead atoms. The zero-order valence-corrected chi connectivity index (χ0v) is 34.5. The number of esters is 2. The van der Waals surface area contributed by atoms with E-state index in [1.54, 1.807) is 36.4 Å². The topological polar surface area (TPSA) is 159 Å². The van der Waals surface area contributed by atoms with Crippen LogP contribution < -0.4 is 15.4 Å². The van der Waals surface area contributed by atoms with E-state index in [2.05, 4.69) is 26.6 Å². The molecule has 6 aromatic rings. The summed E-state index contributed by atoms with van der Waals surface area (Å²) in [5, 5.41) is 16.2. The first-order valence-corrected chi connectivity index (χ1v) is 20.1. The summed E-state index contributed by atoms with van der Waals surface area (Å²) in [7, 11) is 0. The Kier molecular flexibility index (Phi) is 15.9. The zero-order valence-electron chi connectivity index (χ0n) is 32.9. The molecule has 312 valence electrons. The largest absolute Gasteiger partial charge is 0.503 e. The Hall–Kier alpha value is -7.12. The predicted octanol–water partition coefficient (Wildman–Crippen LogP) is 9.11. The Morgan fingerprint density at radius 1 is 0.475 bits per heavy atom. The van der Waals surface area contributed by atoms with Gasteiger partial charge >= 0.3 is 24.1 Å². The number of benzene rings is 6. The molecular weight excluding hydrogens is 844 g/mol. The number of phenols is 1. The number of alkyl carbamates (subject to hydrolysis) is 2. The Labute approximate surface area is 361 Å². The highest BCUT2D eigenvalue weighted by molar-refractivity contribution is 9.10. The van der Waals surface area contributed by atoms with Gasteiger partial charge in [-0.3, -0.25) is 0 Å². The summed E-state index contributed by atoms with van der Waals surface area (Å²) in [5.41, 5.74) is 4.30. The summed E-state index contributed by atoms with van der Waals surface area (Å²) < 4.78 is 28.3. The number of ether oxygens (including phenoxy) is 5. The zero-order chi connectivity index (χ0) is 42.8. The van der Waals surface area contributed by atoms with E-state index in [0.717, 1.165) is 22.3 Å². The molecule has 2 atom stereocenters. The van der Waals surface area contributed by atoms with E-state index in [-0.39, 0.29) is 55.2 Å². The summed E-state index contributed by atoms with van der Waals surface area (Å²) in [4.78, 5) is 52.5. The lowest BCUT2D eigenvalue weighted by Crippen LogP contribution is -2.43. The van der Waals surface area contributed by atoms with Crippen LogP contribution >= 0.6 is 15.9 Å². The van der Waals surface area contributed by atoms with Crippen LogP contribution in [-0.2, 0) is 67.8 Å². The molecule has 3 N–H and O–H groups in total. The maximum atomic E-state index is 13.4. The SMILES string of the molecule is O=C(N[C@@H](Cc1ccc(Oc2cc(C[C@H](NC(=O)OCc3ccccc3)C(=O)OCc3ccccc3)cc(Br)c2O)cc1)C(=O)OCc1ccccc1)OCc1ccccc1. The highest BCUT2D eigenvalue weighted by Gasteiger charge is 2.26. The van der Waals surface area contributed by atoms with Gasteiger partial charge in [0, 0.05) is 12.8 Å². The maximum absolute atomic E-state index is 13.4. The number of aromatic hydroxyl groups is 1. The predicted molar refractivity (Wildman–Crippen MR) is 229 cm³/mol. The number of hydrogen-bond donors (Lipinski definition) is 3. The van der Waals surface area contributed by atoms with E-state index in [1.165, 1.54) is 0 Å². The molecule has 0 aromatic heterocycles. The van der Waals surface area contributed by atoms with Gasteiger partial charge in [0.05, 0.1) is 4.47 Å². The molecule has 0 saturated carbocycles. The van der Waals surface area contributed by atoms with Crippen molar-refractivity contribution in [3.05, 3.63) is 196 Å². The number of carbonyl (C=O) groups excluding carboxylic acids is 4. The van der Waals surface area contributed by atoms with Crippen LogP contribution in [0, 0.1) is 0 Å². The normalized spacial score (nSPS) is 11.6. The Balaban J connectivity index is 1.13. The Morgan fingerprint density at radius 2 is 0.852 bits per heavy atom. The van der Waals surface area contributed by atoms with E-state index in [0.29, 0.717) is 16.9 Å². The number of rotatable bonds is 18. The first-order chi connectivity index (χ1) is 29.7. The number of hydrogen-bond acceptors (Lipinski definition) is 10. The molecule has 0 spiro atoms. The van der Waals surface area contributed by atoms with Crippen molar-refractivity contribution in [2.75, 3.05) is 0 Å². The average molecular weight is 888 g/mol. The fourth-order valence-electron chi connectivity index (χ4n) is 5.97. The second-order valence-corrected chi connectivity index (χ2v) is 14.6. The maximum Gasteiger partial charge on any atom is 0.408 e. The average Bonchev–Trinajstić information content (AvgIpc) is 3.29. The molecular formula is C48H43BrN2O10. The van der Waals surface area contributed by atoms with E-state index < -0.39 is 36.2 Å². The summed E-state index contributed by atoms with van der Waals surface area (Å²) in [6.07, 6.45) is -1.56. The third-order valence-corrected chi connectivity index (χ3v) is 9.75. The molecule has 0 aliphatic carbocycles. The van der Waals surface area contributed by atoms with E-state index in [4.69, 9.17) is 23.7 Å². The lowest BCUT2D eigenvalue weighted by Gasteiger charge is -2.19. The van der Waals surface area contributed by atoms with Gasteiger partial charge in [0.2, 0.25) is 0 Å². The Morgan fingerprint density at radius 3 is 1.26 bits per heavy atom. The second kappa shape index (κ2) is 22.3. The molecule has 2 amide bonds. The standard InChI is InChI=1S/C48H43BrN2O10/c49-40-25-38(27-42(46(54)58-30-35-15-7-2-8-16-35)51-48(56)60-32-37-19-11-4-12-20-37)28-43(44(40)52)61-39-23-21-33(22-24-39)26-41(45(53)57-29-34-13-5-1-6-14-34)50-47(55)59-31-36-17-9-3-10-18-36/h1-25,28,41-42,52H,26-27,29-32H2,(H,50,55)(H,51,56)/t41-,42-/m0/s1. The summed E-state index contributed by atoms with van der Waals surface area (Å²) >= 11 is 3.38. The summed E-state index contributed by atoms with van der Waals surface area (Å²) in [6, 6.07) is 44.2. The summed E-state index contributed by atoms with van der Waals surface area (Å²) in [5.74, 6) is -1.14. The van der Waals surface area contributed by atoms with Crippen molar-refractivity contribution in [2.45, 2.75) is 51.4 Å². The van der Waals surface area contributed by atoms with Gasteiger partial charge in [-0.05, 0) is 73.6 Å². The number of nitrogens with one attached hydrogen (secondary N) is 2. The van der Waals surface area contributed by atoms with E-state index in [1.807, 2.05) is 121 Å². The molecule has 6 rings (SSSR count). The minimum absolute atomic E-state index is 0.00317. The summed E-state index contributed by atoms with van der Waals surface area (Å²) in [6.45, 7) is 0.0265. The first kappa shape index (κ1) is 43.5. The van der Waals surface area contributed by atoms with Gasteiger partial charge in [0.25, 0.3) is 0 Å². The smallest absolute Gasteiger partial charge is 0.408 e. The molecule has 13 heteroatoms. The molecule has 0 heterocycles. The number of phenolic OH excluding ortho intramolecular Hbond substituents is 1. The lowest BCUT2D eigenvalue weighted by atomic mass is 10.0. The molecule has 0 aliphatic heterocycles. The first-order valence-electron chi connectivity index (χ1n) is 19.3. The molecule has 0 aliphatic rings. The quantitative estimate of drug-likeness (QED) is 0.0562. The van der Waals surface area contributed by atoms with Gasteiger partial charge in [0.15, 0.2) is 11.5 Å². The van der Waals surface area contributed by atoms with Crippen LogP contribution in [0.3, 0.4) is 0 Å². The van der Waals surface area contributed by atoms with Crippen LogP contribution in [0.4, 0.5) is 9.59 Å². The van der Waals surface area contributed by atoms with Gasteiger partial charge in [-0.1, -0.05) is 133 Å². The van der Waals surface area contributed by atoms with Crippen LogP contribution in [0.15, 0.2) is 162 Å². The fraction of sp³-hybridized carbons (Fsp3) is 0.167. The van der Waals surface area contributed by atoms with Crippen LogP contribution in [0.1, 0.15) is 33.4 Å².